The van der Waals surface area contributed by atoms with Gasteiger partial charge in [0.15, 0.2) is 5.13 Å². The van der Waals surface area contributed by atoms with Crippen LogP contribution in [-0.4, -0.2) is 11.5 Å². The highest BCUT2D eigenvalue weighted by atomic mass is 32.1. The Bertz CT molecular complexity index is 556. The molecule has 0 atom stereocenters. The molecular weight excluding hydrogens is 278 g/mol. The van der Waals surface area contributed by atoms with E-state index in [-0.39, 0.29) is 0 Å². The van der Waals surface area contributed by atoms with Gasteiger partial charge in [0.2, 0.25) is 0 Å². The van der Waals surface area contributed by atoms with Crippen molar-refractivity contribution in [2.24, 2.45) is 11.7 Å². The number of nitrogens with zero attached hydrogens (tertiary/aromatic N) is 1. The zero-order chi connectivity index (χ0) is 14.5. The van der Waals surface area contributed by atoms with Crippen LogP contribution in [0.5, 0.6) is 0 Å². The number of nitrogens with one attached hydrogen (secondary N) is 1. The fourth-order valence-electron chi connectivity index (χ4n) is 2.92. The minimum Gasteiger partial charge on any atom is -0.361 e. The molecule has 112 valence electrons. The number of nitrogens with two attached hydrogens (primary N) is 1. The molecule has 3 N–H and O–H groups in total. The topological polar surface area (TPSA) is 50.9 Å². The third kappa shape index (κ3) is 3.83. The molecule has 3 rings (SSSR count). The largest absolute Gasteiger partial charge is 0.361 e. The SMILES string of the molecule is NCc1ccc(-c2csc(NCC3CCCCC3)n2)cc1. The maximum Gasteiger partial charge on any atom is 0.183 e. The Kier molecular flexibility index (Phi) is 4.88. The van der Waals surface area contributed by atoms with Crippen molar-refractivity contribution < 1.29 is 0 Å². The molecule has 4 heteroatoms. The summed E-state index contributed by atoms with van der Waals surface area (Å²) in [6.07, 6.45) is 6.93. The van der Waals surface area contributed by atoms with Gasteiger partial charge in [-0.2, -0.15) is 0 Å². The highest BCUT2D eigenvalue weighted by Gasteiger charge is 2.13. The normalized spacial score (nSPS) is 16.0. The summed E-state index contributed by atoms with van der Waals surface area (Å²) in [4.78, 5) is 4.70. The first-order valence-corrected chi connectivity index (χ1v) is 8.72. The zero-order valence-electron chi connectivity index (χ0n) is 12.3. The summed E-state index contributed by atoms with van der Waals surface area (Å²) in [6.45, 7) is 1.66. The van der Waals surface area contributed by atoms with Gasteiger partial charge in [-0.3, -0.25) is 0 Å². The van der Waals surface area contributed by atoms with Gasteiger partial charge in [0.05, 0.1) is 5.69 Å². The molecule has 1 aliphatic carbocycles. The van der Waals surface area contributed by atoms with E-state index < -0.39 is 0 Å². The average molecular weight is 301 g/mol. The van der Waals surface area contributed by atoms with Crippen LogP contribution in [0.2, 0.25) is 0 Å². The fourth-order valence-corrected chi connectivity index (χ4v) is 3.65. The lowest BCUT2D eigenvalue weighted by Crippen LogP contribution is -2.16. The molecule has 0 saturated heterocycles. The summed E-state index contributed by atoms with van der Waals surface area (Å²) < 4.78 is 0. The number of anilines is 1. The third-order valence-electron chi connectivity index (χ3n) is 4.26. The molecule has 3 nitrogen and oxygen atoms in total. The third-order valence-corrected chi connectivity index (χ3v) is 5.06. The van der Waals surface area contributed by atoms with E-state index in [1.54, 1.807) is 11.3 Å². The summed E-state index contributed by atoms with van der Waals surface area (Å²) >= 11 is 1.70. The monoisotopic (exact) mass is 301 g/mol. The van der Waals surface area contributed by atoms with Crippen LogP contribution < -0.4 is 11.1 Å². The number of benzene rings is 1. The molecule has 1 heterocycles. The van der Waals surface area contributed by atoms with Gasteiger partial charge >= 0.3 is 0 Å². The lowest BCUT2D eigenvalue weighted by atomic mass is 9.89. The first-order valence-electron chi connectivity index (χ1n) is 7.84. The molecule has 1 aliphatic rings. The van der Waals surface area contributed by atoms with Crippen molar-refractivity contribution in [1.29, 1.82) is 0 Å². The highest BCUT2D eigenvalue weighted by Crippen LogP contribution is 2.27. The average Bonchev–Trinajstić information content (AvgIpc) is 3.03. The van der Waals surface area contributed by atoms with Gasteiger partial charge in [0.25, 0.3) is 0 Å². The van der Waals surface area contributed by atoms with Gasteiger partial charge in [-0.15, -0.1) is 11.3 Å². The highest BCUT2D eigenvalue weighted by molar-refractivity contribution is 7.14. The molecule has 0 radical (unpaired) electrons. The van der Waals surface area contributed by atoms with E-state index in [1.807, 2.05) is 0 Å². The molecule has 0 amide bonds. The van der Waals surface area contributed by atoms with E-state index in [4.69, 9.17) is 10.7 Å². The molecule has 0 spiro atoms. The minimum absolute atomic E-state index is 0.589. The Labute approximate surface area is 130 Å². The first-order chi connectivity index (χ1) is 10.3. The molecule has 1 fully saturated rings. The van der Waals surface area contributed by atoms with E-state index in [0.29, 0.717) is 6.54 Å². The molecular formula is C17H23N3S. The van der Waals surface area contributed by atoms with Crippen LogP contribution in [0.25, 0.3) is 11.3 Å². The van der Waals surface area contributed by atoms with Crippen LogP contribution in [0.3, 0.4) is 0 Å². The van der Waals surface area contributed by atoms with Crippen LogP contribution >= 0.6 is 11.3 Å². The van der Waals surface area contributed by atoms with Gasteiger partial charge in [-0.1, -0.05) is 43.5 Å². The van der Waals surface area contributed by atoms with Crippen molar-refractivity contribution in [2.45, 2.75) is 38.6 Å². The van der Waals surface area contributed by atoms with Crippen molar-refractivity contribution in [1.82, 2.24) is 4.98 Å². The maximum atomic E-state index is 5.63. The predicted molar refractivity (Wildman–Crippen MR) is 90.5 cm³/mol. The van der Waals surface area contributed by atoms with E-state index in [2.05, 4.69) is 35.0 Å². The van der Waals surface area contributed by atoms with E-state index in [1.165, 1.54) is 32.1 Å². The second-order valence-electron chi connectivity index (χ2n) is 5.82. The van der Waals surface area contributed by atoms with Crippen molar-refractivity contribution >= 4 is 16.5 Å². The Morgan fingerprint density at radius 1 is 1.14 bits per heavy atom. The predicted octanol–water partition coefficient (Wildman–Crippen LogP) is 4.26. The van der Waals surface area contributed by atoms with Gasteiger partial charge < -0.3 is 11.1 Å². The Hall–Kier alpha value is -1.39. The van der Waals surface area contributed by atoms with Gasteiger partial charge in [-0.25, -0.2) is 4.98 Å². The minimum atomic E-state index is 0.589. The molecule has 0 bridgehead atoms. The van der Waals surface area contributed by atoms with E-state index >= 15 is 0 Å². The van der Waals surface area contributed by atoms with Gasteiger partial charge in [0.1, 0.15) is 0 Å². The van der Waals surface area contributed by atoms with Crippen molar-refractivity contribution in [2.75, 3.05) is 11.9 Å². The molecule has 1 aromatic heterocycles. The molecule has 1 aromatic carbocycles. The summed E-state index contributed by atoms with van der Waals surface area (Å²) in [6, 6.07) is 8.35. The molecule has 1 saturated carbocycles. The van der Waals surface area contributed by atoms with Crippen molar-refractivity contribution in [3.05, 3.63) is 35.2 Å². The lowest BCUT2D eigenvalue weighted by molar-refractivity contribution is 0.373. The van der Waals surface area contributed by atoms with E-state index in [9.17, 15) is 0 Å². The summed E-state index contributed by atoms with van der Waals surface area (Å²) in [7, 11) is 0. The van der Waals surface area contributed by atoms with Crippen LogP contribution in [0.4, 0.5) is 5.13 Å². The van der Waals surface area contributed by atoms with Crippen LogP contribution in [0.15, 0.2) is 29.6 Å². The van der Waals surface area contributed by atoms with Crippen molar-refractivity contribution in [3.8, 4) is 11.3 Å². The van der Waals surface area contributed by atoms with E-state index in [0.717, 1.165) is 34.4 Å². The number of rotatable bonds is 5. The summed E-state index contributed by atoms with van der Waals surface area (Å²) in [5, 5.41) is 6.68. The number of aromatic nitrogens is 1. The van der Waals surface area contributed by atoms with Crippen LogP contribution in [0.1, 0.15) is 37.7 Å². The standard InChI is InChI=1S/C17H23N3S/c18-10-13-6-8-15(9-7-13)16-12-21-17(20-16)19-11-14-4-2-1-3-5-14/h6-9,12,14H,1-5,10-11,18H2,(H,19,20). The summed E-state index contributed by atoms with van der Waals surface area (Å²) in [5.74, 6) is 0.829. The van der Waals surface area contributed by atoms with Crippen LogP contribution in [0, 0.1) is 5.92 Å². The fraction of sp³-hybridized carbons (Fsp3) is 0.471. The quantitative estimate of drug-likeness (QED) is 0.867. The maximum absolute atomic E-state index is 5.63. The Balaban J connectivity index is 1.59. The van der Waals surface area contributed by atoms with Crippen molar-refractivity contribution in [3.63, 3.8) is 0 Å². The zero-order valence-corrected chi connectivity index (χ0v) is 13.2. The number of hydrogen-bond acceptors (Lipinski definition) is 4. The smallest absolute Gasteiger partial charge is 0.183 e. The number of hydrogen-bond donors (Lipinski definition) is 2. The molecule has 2 aromatic rings. The summed E-state index contributed by atoms with van der Waals surface area (Å²) in [5.41, 5.74) is 9.00. The molecule has 0 aliphatic heterocycles. The van der Waals surface area contributed by atoms with Gasteiger partial charge in [-0.05, 0) is 24.3 Å². The Morgan fingerprint density at radius 2 is 1.90 bits per heavy atom. The van der Waals surface area contributed by atoms with Gasteiger partial charge in [0, 0.05) is 24.0 Å². The number of thiazole rings is 1. The lowest BCUT2D eigenvalue weighted by Gasteiger charge is -2.21. The second kappa shape index (κ2) is 7.05. The van der Waals surface area contributed by atoms with Crippen LogP contribution in [-0.2, 0) is 6.54 Å². The first kappa shape index (κ1) is 14.5. The molecule has 21 heavy (non-hydrogen) atoms. The Morgan fingerprint density at radius 3 is 2.62 bits per heavy atom. The molecule has 0 unspecified atom stereocenters. The second-order valence-corrected chi connectivity index (χ2v) is 6.68.